The van der Waals surface area contributed by atoms with Crippen LogP contribution in [0.4, 0.5) is 4.39 Å². The van der Waals surface area contributed by atoms with E-state index in [9.17, 15) is 17.6 Å². The minimum absolute atomic E-state index is 0.0588. The average Bonchev–Trinajstić information content (AvgIpc) is 3.07. The van der Waals surface area contributed by atoms with Crippen LogP contribution < -0.4 is 5.73 Å². The highest BCUT2D eigenvalue weighted by Gasteiger charge is 2.21. The highest BCUT2D eigenvalue weighted by atomic mass is 32.2. The van der Waals surface area contributed by atoms with E-state index >= 15 is 0 Å². The number of carbonyl (C=O) groups excluding carboxylic acids is 1. The van der Waals surface area contributed by atoms with Gasteiger partial charge in [-0.05, 0) is 42.8 Å². The van der Waals surface area contributed by atoms with Crippen molar-refractivity contribution in [2.75, 3.05) is 27.7 Å². The molecule has 0 amide bonds. The first-order valence-corrected chi connectivity index (χ1v) is 11.2. The molecule has 0 bridgehead atoms. The standard InChI is InChI=1S/C22H25FN4O4S/c1-14-25-21-19(15-6-5-7-18(10-15)32(29,30)26(2)3)11-16(22(28)31-4)12-20(21)27(14)13-17(23)8-9-24/h5-8,10-12H,9,13,24H2,1-4H3/b17-8-. The van der Waals surface area contributed by atoms with Crippen LogP contribution in [0.5, 0.6) is 0 Å². The van der Waals surface area contributed by atoms with E-state index in [1.807, 2.05) is 0 Å². The zero-order chi connectivity index (χ0) is 23.6. The van der Waals surface area contributed by atoms with Crippen molar-refractivity contribution in [2.24, 2.45) is 5.73 Å². The molecular formula is C22H25FN4O4S. The Labute approximate surface area is 186 Å². The van der Waals surface area contributed by atoms with Crippen molar-refractivity contribution >= 4 is 27.0 Å². The fourth-order valence-electron chi connectivity index (χ4n) is 3.37. The van der Waals surface area contributed by atoms with Crippen LogP contribution in [0, 0.1) is 6.92 Å². The van der Waals surface area contributed by atoms with Crippen LogP contribution >= 0.6 is 0 Å². The molecule has 1 aromatic heterocycles. The maximum Gasteiger partial charge on any atom is 0.337 e. The second-order valence-electron chi connectivity index (χ2n) is 7.33. The van der Waals surface area contributed by atoms with E-state index in [0.29, 0.717) is 28.0 Å². The molecule has 3 aromatic rings. The van der Waals surface area contributed by atoms with Crippen LogP contribution in [-0.4, -0.2) is 56.0 Å². The molecule has 0 spiro atoms. The molecule has 0 radical (unpaired) electrons. The van der Waals surface area contributed by atoms with Crippen molar-refractivity contribution in [3.8, 4) is 11.1 Å². The minimum atomic E-state index is -3.67. The van der Waals surface area contributed by atoms with Gasteiger partial charge in [0.2, 0.25) is 10.0 Å². The zero-order valence-corrected chi connectivity index (χ0v) is 19.1. The van der Waals surface area contributed by atoms with Gasteiger partial charge in [0, 0.05) is 26.2 Å². The van der Waals surface area contributed by atoms with Crippen LogP contribution in [0.3, 0.4) is 0 Å². The number of nitrogens with zero attached hydrogens (tertiary/aromatic N) is 3. The molecule has 2 N–H and O–H groups in total. The molecule has 3 rings (SSSR count). The highest BCUT2D eigenvalue weighted by Crippen LogP contribution is 2.33. The maximum absolute atomic E-state index is 14.3. The van der Waals surface area contributed by atoms with E-state index in [-0.39, 0.29) is 23.5 Å². The molecule has 0 saturated carbocycles. The molecule has 0 unspecified atom stereocenters. The van der Waals surface area contributed by atoms with Crippen molar-refractivity contribution in [1.82, 2.24) is 13.9 Å². The SMILES string of the molecule is COC(=O)c1cc(-c2cccc(S(=O)(=O)N(C)C)c2)c2nc(C)n(C/C(F)=C/CN)c2c1. The Bertz CT molecular complexity index is 1310. The van der Waals surface area contributed by atoms with Crippen LogP contribution in [-0.2, 0) is 21.3 Å². The summed E-state index contributed by atoms with van der Waals surface area (Å²) in [7, 11) is 0.499. The second kappa shape index (κ2) is 9.19. The molecular weight excluding hydrogens is 435 g/mol. The number of imidazole rings is 1. The summed E-state index contributed by atoms with van der Waals surface area (Å²) < 4.78 is 47.1. The fourth-order valence-corrected chi connectivity index (χ4v) is 4.32. The highest BCUT2D eigenvalue weighted by molar-refractivity contribution is 7.89. The number of hydrogen-bond donors (Lipinski definition) is 1. The first kappa shape index (κ1) is 23.6. The quantitative estimate of drug-likeness (QED) is 0.543. The van der Waals surface area contributed by atoms with E-state index in [0.717, 1.165) is 4.31 Å². The first-order chi connectivity index (χ1) is 15.1. The normalized spacial score (nSPS) is 12.5. The summed E-state index contributed by atoms with van der Waals surface area (Å²) in [4.78, 5) is 17.0. The van der Waals surface area contributed by atoms with Crippen molar-refractivity contribution in [3.05, 3.63) is 59.7 Å². The third-order valence-corrected chi connectivity index (χ3v) is 6.85. The van der Waals surface area contributed by atoms with Crippen LogP contribution in [0.25, 0.3) is 22.2 Å². The molecule has 2 aromatic carbocycles. The van der Waals surface area contributed by atoms with Gasteiger partial charge in [-0.1, -0.05) is 12.1 Å². The Kier molecular flexibility index (Phi) is 6.77. The lowest BCUT2D eigenvalue weighted by atomic mass is 10.0. The van der Waals surface area contributed by atoms with Gasteiger partial charge in [0.25, 0.3) is 0 Å². The van der Waals surface area contributed by atoms with Gasteiger partial charge in [0.15, 0.2) is 0 Å². The summed E-state index contributed by atoms with van der Waals surface area (Å²) in [5, 5.41) is 0. The number of benzene rings is 2. The Hall–Kier alpha value is -3.08. The summed E-state index contributed by atoms with van der Waals surface area (Å²) in [6.45, 7) is 1.69. The molecule has 1 heterocycles. The van der Waals surface area contributed by atoms with Crippen LogP contribution in [0.1, 0.15) is 16.2 Å². The van der Waals surface area contributed by atoms with E-state index in [1.165, 1.54) is 39.4 Å². The van der Waals surface area contributed by atoms with Gasteiger partial charge in [0.1, 0.15) is 11.7 Å². The summed E-state index contributed by atoms with van der Waals surface area (Å²) in [6.07, 6.45) is 1.27. The van der Waals surface area contributed by atoms with E-state index in [1.54, 1.807) is 35.8 Å². The predicted molar refractivity (Wildman–Crippen MR) is 120 cm³/mol. The first-order valence-electron chi connectivity index (χ1n) is 9.77. The lowest BCUT2D eigenvalue weighted by Crippen LogP contribution is -2.22. The summed E-state index contributed by atoms with van der Waals surface area (Å²) in [5.41, 5.74) is 7.75. The molecule has 10 heteroatoms. The van der Waals surface area contributed by atoms with E-state index in [4.69, 9.17) is 10.5 Å². The number of esters is 1. The zero-order valence-electron chi connectivity index (χ0n) is 18.3. The molecule has 0 aliphatic rings. The second-order valence-corrected chi connectivity index (χ2v) is 9.48. The lowest BCUT2D eigenvalue weighted by Gasteiger charge is -2.13. The number of hydrogen-bond acceptors (Lipinski definition) is 6. The predicted octanol–water partition coefficient (Wildman–Crippen LogP) is 2.86. The summed E-state index contributed by atoms with van der Waals surface area (Å²) >= 11 is 0. The largest absolute Gasteiger partial charge is 0.465 e. The molecule has 0 saturated heterocycles. The Morgan fingerprint density at radius 2 is 2.00 bits per heavy atom. The van der Waals surface area contributed by atoms with Gasteiger partial charge in [-0.15, -0.1) is 0 Å². The molecule has 0 fully saturated rings. The van der Waals surface area contributed by atoms with Crippen molar-refractivity contribution in [1.29, 1.82) is 0 Å². The third-order valence-electron chi connectivity index (χ3n) is 5.04. The number of aromatic nitrogens is 2. The van der Waals surface area contributed by atoms with Gasteiger partial charge in [0.05, 0.1) is 35.1 Å². The van der Waals surface area contributed by atoms with Crippen LogP contribution in [0.2, 0.25) is 0 Å². The van der Waals surface area contributed by atoms with Crippen molar-refractivity contribution < 1.29 is 22.3 Å². The number of halogens is 1. The molecule has 8 nitrogen and oxygen atoms in total. The van der Waals surface area contributed by atoms with Crippen molar-refractivity contribution in [3.63, 3.8) is 0 Å². The maximum atomic E-state index is 14.3. The monoisotopic (exact) mass is 460 g/mol. The Morgan fingerprint density at radius 3 is 2.62 bits per heavy atom. The van der Waals surface area contributed by atoms with Gasteiger partial charge in [-0.25, -0.2) is 26.9 Å². The number of ether oxygens (including phenoxy) is 1. The number of fused-ring (bicyclic) bond motifs is 1. The van der Waals surface area contributed by atoms with Gasteiger partial charge in [-0.2, -0.15) is 0 Å². The van der Waals surface area contributed by atoms with E-state index in [2.05, 4.69) is 4.98 Å². The van der Waals surface area contributed by atoms with Gasteiger partial charge >= 0.3 is 5.97 Å². The molecule has 0 atom stereocenters. The number of rotatable bonds is 7. The fraction of sp³-hybridized carbons (Fsp3) is 0.273. The summed E-state index contributed by atoms with van der Waals surface area (Å²) in [6, 6.07) is 9.55. The molecule has 0 aliphatic heterocycles. The van der Waals surface area contributed by atoms with Crippen molar-refractivity contribution in [2.45, 2.75) is 18.4 Å². The number of allylic oxidation sites excluding steroid dienone is 1. The van der Waals surface area contributed by atoms with Gasteiger partial charge < -0.3 is 15.0 Å². The lowest BCUT2D eigenvalue weighted by molar-refractivity contribution is 0.0601. The third kappa shape index (κ3) is 4.43. The number of carbonyl (C=O) groups is 1. The number of aryl methyl sites for hydroxylation is 1. The summed E-state index contributed by atoms with van der Waals surface area (Å²) in [5.74, 6) is -0.478. The number of sulfonamides is 1. The topological polar surface area (TPSA) is 108 Å². The number of methoxy groups -OCH3 is 1. The molecule has 170 valence electrons. The minimum Gasteiger partial charge on any atom is -0.465 e. The molecule has 0 aliphatic carbocycles. The average molecular weight is 461 g/mol. The van der Waals surface area contributed by atoms with Gasteiger partial charge in [-0.3, -0.25) is 0 Å². The van der Waals surface area contributed by atoms with Crippen LogP contribution in [0.15, 0.2) is 53.2 Å². The molecule has 32 heavy (non-hydrogen) atoms. The number of nitrogens with two attached hydrogens (primary N) is 1. The Balaban J connectivity index is 2.30. The Morgan fingerprint density at radius 1 is 1.28 bits per heavy atom. The van der Waals surface area contributed by atoms with E-state index < -0.39 is 21.8 Å². The smallest absolute Gasteiger partial charge is 0.337 e.